The van der Waals surface area contributed by atoms with E-state index in [0.29, 0.717) is 17.3 Å². The van der Waals surface area contributed by atoms with Crippen LogP contribution in [0.25, 0.3) is 0 Å². The van der Waals surface area contributed by atoms with Crippen LogP contribution < -0.4 is 5.32 Å². The van der Waals surface area contributed by atoms with Crippen LogP contribution in [0.4, 0.5) is 0 Å². The van der Waals surface area contributed by atoms with Crippen LogP contribution in [-0.4, -0.2) is 36.2 Å². The van der Waals surface area contributed by atoms with Crippen molar-refractivity contribution >= 4 is 16.9 Å². The minimum absolute atomic E-state index is 0.526. The Balaban J connectivity index is 1.54. The molecule has 0 radical (unpaired) electrons. The quantitative estimate of drug-likeness (QED) is 0.768. The molecule has 2 aliphatic rings. The maximum atomic E-state index is 5.81. The van der Waals surface area contributed by atoms with E-state index in [0.717, 1.165) is 24.9 Å². The molecule has 1 unspecified atom stereocenters. The molecular formula is C13H24N2OS. The van der Waals surface area contributed by atoms with Crippen molar-refractivity contribution in [2.24, 2.45) is 10.9 Å². The van der Waals surface area contributed by atoms with Crippen molar-refractivity contribution in [2.75, 3.05) is 19.7 Å². The van der Waals surface area contributed by atoms with Gasteiger partial charge in [0, 0.05) is 11.8 Å². The molecule has 98 valence electrons. The highest BCUT2D eigenvalue weighted by atomic mass is 32.2. The maximum absolute atomic E-state index is 5.81. The lowest BCUT2D eigenvalue weighted by molar-refractivity contribution is 0.0624. The molecule has 0 saturated heterocycles. The van der Waals surface area contributed by atoms with Crippen molar-refractivity contribution in [1.82, 2.24) is 5.32 Å². The highest BCUT2D eigenvalue weighted by Crippen LogP contribution is 2.25. The minimum Gasteiger partial charge on any atom is -0.376 e. The van der Waals surface area contributed by atoms with Gasteiger partial charge in [0.2, 0.25) is 0 Å². The molecule has 4 heteroatoms. The van der Waals surface area contributed by atoms with Gasteiger partial charge in [0.05, 0.1) is 19.3 Å². The van der Waals surface area contributed by atoms with Crippen LogP contribution in [0, 0.1) is 5.92 Å². The highest BCUT2D eigenvalue weighted by Gasteiger charge is 2.22. The Morgan fingerprint density at radius 3 is 2.82 bits per heavy atom. The van der Waals surface area contributed by atoms with E-state index in [1.54, 1.807) is 0 Å². The normalized spacial score (nSPS) is 25.6. The summed E-state index contributed by atoms with van der Waals surface area (Å²) < 4.78 is 5.81. The predicted octanol–water partition coefficient (Wildman–Crippen LogP) is 2.66. The third-order valence-electron chi connectivity index (χ3n) is 3.46. The van der Waals surface area contributed by atoms with E-state index in [4.69, 9.17) is 4.74 Å². The molecule has 0 aromatic rings. The first-order valence-corrected chi connectivity index (χ1v) is 7.70. The predicted molar refractivity (Wildman–Crippen MR) is 74.7 cm³/mol. The van der Waals surface area contributed by atoms with Crippen molar-refractivity contribution < 1.29 is 4.74 Å². The van der Waals surface area contributed by atoms with Gasteiger partial charge < -0.3 is 10.1 Å². The molecule has 1 aliphatic heterocycles. The van der Waals surface area contributed by atoms with Gasteiger partial charge in [-0.05, 0) is 18.8 Å². The van der Waals surface area contributed by atoms with Crippen LogP contribution in [-0.2, 0) is 4.74 Å². The average molecular weight is 256 g/mol. The monoisotopic (exact) mass is 256 g/mol. The molecule has 0 aromatic heterocycles. The number of hydrogen-bond donors (Lipinski definition) is 1. The molecule has 0 aromatic carbocycles. The summed E-state index contributed by atoms with van der Waals surface area (Å²) in [6, 6.07) is 0. The fourth-order valence-electron chi connectivity index (χ4n) is 2.27. The van der Waals surface area contributed by atoms with E-state index < -0.39 is 0 Å². The summed E-state index contributed by atoms with van der Waals surface area (Å²) in [7, 11) is 0. The van der Waals surface area contributed by atoms with Crippen molar-refractivity contribution in [3.05, 3.63) is 0 Å². The first kappa shape index (κ1) is 13.2. The summed E-state index contributed by atoms with van der Waals surface area (Å²) in [5.41, 5.74) is 0. The lowest BCUT2D eigenvalue weighted by Crippen LogP contribution is -2.26. The van der Waals surface area contributed by atoms with E-state index in [1.807, 2.05) is 11.8 Å². The Kier molecular flexibility index (Phi) is 5.16. The Hall–Kier alpha value is -0.220. The van der Waals surface area contributed by atoms with Gasteiger partial charge in [-0.15, -0.1) is 0 Å². The van der Waals surface area contributed by atoms with Crippen molar-refractivity contribution in [3.63, 3.8) is 0 Å². The Bertz CT molecular complexity index is 262. The SMILES string of the molecule is CC(C)C1CN=C(NCCOC2CCCC2)S1. The topological polar surface area (TPSA) is 33.6 Å². The van der Waals surface area contributed by atoms with Crippen molar-refractivity contribution in [3.8, 4) is 0 Å². The zero-order chi connectivity index (χ0) is 12.1. The number of thioether (sulfide) groups is 1. The standard InChI is InChI=1S/C13H24N2OS/c1-10(2)12-9-15-13(17-12)14-7-8-16-11-5-3-4-6-11/h10-12H,3-9H2,1-2H3,(H,14,15). The molecule has 1 saturated carbocycles. The smallest absolute Gasteiger partial charge is 0.157 e. The average Bonchev–Trinajstić information content (AvgIpc) is 2.96. The molecule has 0 spiro atoms. The van der Waals surface area contributed by atoms with Gasteiger partial charge in [0.15, 0.2) is 5.17 Å². The van der Waals surface area contributed by atoms with Gasteiger partial charge >= 0.3 is 0 Å². The number of amidine groups is 1. The van der Waals surface area contributed by atoms with Gasteiger partial charge in [0.1, 0.15) is 0 Å². The number of hydrogen-bond acceptors (Lipinski definition) is 4. The zero-order valence-electron chi connectivity index (χ0n) is 10.9. The van der Waals surface area contributed by atoms with E-state index in [1.165, 1.54) is 25.7 Å². The van der Waals surface area contributed by atoms with Crippen LogP contribution in [0.5, 0.6) is 0 Å². The van der Waals surface area contributed by atoms with E-state index in [-0.39, 0.29) is 0 Å². The summed E-state index contributed by atoms with van der Waals surface area (Å²) in [5.74, 6) is 0.706. The van der Waals surface area contributed by atoms with Crippen LogP contribution in [0.15, 0.2) is 4.99 Å². The molecule has 1 atom stereocenters. The fourth-order valence-corrected chi connectivity index (χ4v) is 3.32. The molecule has 2 rings (SSSR count). The van der Waals surface area contributed by atoms with Crippen LogP contribution in [0.3, 0.4) is 0 Å². The van der Waals surface area contributed by atoms with Gasteiger partial charge in [-0.1, -0.05) is 38.5 Å². The van der Waals surface area contributed by atoms with Crippen molar-refractivity contribution in [1.29, 1.82) is 0 Å². The first-order valence-electron chi connectivity index (χ1n) is 6.82. The number of nitrogens with zero attached hydrogens (tertiary/aromatic N) is 1. The summed E-state index contributed by atoms with van der Waals surface area (Å²) in [6.07, 6.45) is 5.72. The van der Waals surface area contributed by atoms with Gasteiger partial charge in [-0.25, -0.2) is 0 Å². The Morgan fingerprint density at radius 1 is 1.41 bits per heavy atom. The summed E-state index contributed by atoms with van der Waals surface area (Å²) in [4.78, 5) is 4.52. The number of aliphatic imine (C=N–C) groups is 1. The second-order valence-corrected chi connectivity index (χ2v) is 6.48. The lowest BCUT2D eigenvalue weighted by atomic mass is 10.1. The number of rotatable bonds is 5. The number of ether oxygens (including phenoxy) is 1. The fraction of sp³-hybridized carbons (Fsp3) is 0.923. The van der Waals surface area contributed by atoms with E-state index in [9.17, 15) is 0 Å². The molecule has 0 bridgehead atoms. The second kappa shape index (κ2) is 6.64. The molecule has 1 N–H and O–H groups in total. The maximum Gasteiger partial charge on any atom is 0.157 e. The van der Waals surface area contributed by atoms with Crippen LogP contribution in [0.1, 0.15) is 39.5 Å². The van der Waals surface area contributed by atoms with Gasteiger partial charge in [-0.3, -0.25) is 4.99 Å². The van der Waals surface area contributed by atoms with Crippen molar-refractivity contribution in [2.45, 2.75) is 50.9 Å². The Labute approximate surface area is 109 Å². The molecular weight excluding hydrogens is 232 g/mol. The highest BCUT2D eigenvalue weighted by molar-refractivity contribution is 8.14. The van der Waals surface area contributed by atoms with E-state index >= 15 is 0 Å². The van der Waals surface area contributed by atoms with E-state index in [2.05, 4.69) is 24.2 Å². The molecule has 3 nitrogen and oxygen atoms in total. The lowest BCUT2D eigenvalue weighted by Gasteiger charge is -2.13. The van der Waals surface area contributed by atoms with Crippen LogP contribution in [0.2, 0.25) is 0 Å². The second-order valence-electron chi connectivity index (χ2n) is 5.25. The summed E-state index contributed by atoms with van der Waals surface area (Å²) >= 11 is 1.88. The first-order chi connectivity index (χ1) is 8.25. The minimum atomic E-state index is 0.526. The van der Waals surface area contributed by atoms with Crippen LogP contribution >= 0.6 is 11.8 Å². The third kappa shape index (κ3) is 4.18. The zero-order valence-corrected chi connectivity index (χ0v) is 11.8. The van der Waals surface area contributed by atoms with Gasteiger partial charge in [-0.2, -0.15) is 0 Å². The number of nitrogens with one attached hydrogen (secondary N) is 1. The molecule has 1 aliphatic carbocycles. The molecule has 1 heterocycles. The van der Waals surface area contributed by atoms with Gasteiger partial charge in [0.25, 0.3) is 0 Å². The summed E-state index contributed by atoms with van der Waals surface area (Å²) in [6.45, 7) is 7.20. The summed E-state index contributed by atoms with van der Waals surface area (Å²) in [5, 5.41) is 5.15. The molecule has 17 heavy (non-hydrogen) atoms. The molecule has 1 fully saturated rings. The third-order valence-corrected chi connectivity index (χ3v) is 4.95. The Morgan fingerprint density at radius 2 is 2.18 bits per heavy atom. The molecule has 0 amide bonds. The largest absolute Gasteiger partial charge is 0.376 e.